The Morgan fingerprint density at radius 3 is 2.57 bits per heavy atom. The molecular formula is C24H21ClN2O3. The largest absolute Gasteiger partial charge is 0.497 e. The van der Waals surface area contributed by atoms with Gasteiger partial charge in [-0.25, -0.2) is 4.98 Å². The summed E-state index contributed by atoms with van der Waals surface area (Å²) in [6, 6.07) is 15.0. The molecule has 0 saturated carbocycles. The van der Waals surface area contributed by atoms with Crippen LogP contribution in [0, 0.1) is 0 Å². The topological polar surface area (TPSA) is 72.1 Å². The van der Waals surface area contributed by atoms with Crippen LogP contribution in [0.25, 0.3) is 21.9 Å². The van der Waals surface area contributed by atoms with Crippen molar-refractivity contribution in [2.75, 3.05) is 7.11 Å². The number of ketones is 2. The average Bonchev–Trinajstić information content (AvgIpc) is 3.13. The zero-order chi connectivity index (χ0) is 21.1. The highest BCUT2D eigenvalue weighted by Crippen LogP contribution is 2.27. The number of aromatic nitrogens is 2. The highest BCUT2D eigenvalue weighted by molar-refractivity contribution is 6.31. The van der Waals surface area contributed by atoms with Crippen molar-refractivity contribution in [1.29, 1.82) is 0 Å². The first kappa shape index (κ1) is 20.1. The maximum atomic E-state index is 12.6. The van der Waals surface area contributed by atoms with Crippen LogP contribution in [-0.4, -0.2) is 28.6 Å². The predicted octanol–water partition coefficient (Wildman–Crippen LogP) is 5.54. The molecule has 0 aliphatic rings. The fourth-order valence-electron chi connectivity index (χ4n) is 3.52. The summed E-state index contributed by atoms with van der Waals surface area (Å²) in [5.74, 6) is 0.836. The number of halogens is 1. The van der Waals surface area contributed by atoms with E-state index in [0.29, 0.717) is 23.4 Å². The van der Waals surface area contributed by atoms with Gasteiger partial charge in [0.15, 0.2) is 5.78 Å². The number of nitrogens with one attached hydrogen (secondary N) is 1. The molecule has 0 radical (unpaired) electrons. The van der Waals surface area contributed by atoms with E-state index >= 15 is 0 Å². The molecule has 1 N–H and O–H groups in total. The van der Waals surface area contributed by atoms with Crippen LogP contribution in [-0.2, 0) is 11.2 Å². The summed E-state index contributed by atoms with van der Waals surface area (Å²) < 4.78 is 5.14. The van der Waals surface area contributed by atoms with Crippen LogP contribution in [0.15, 0.2) is 54.7 Å². The average molecular weight is 421 g/mol. The monoisotopic (exact) mass is 420 g/mol. The van der Waals surface area contributed by atoms with Crippen LogP contribution in [0.2, 0.25) is 5.02 Å². The third-order valence-electron chi connectivity index (χ3n) is 5.22. The maximum absolute atomic E-state index is 12.6. The SMILES string of the molecule is COc1ccc(CCC(=O)CCC(=O)c2ccc3[nH]c4ncc(Cl)cc4c3c2)cc1. The molecule has 5 nitrogen and oxygen atoms in total. The minimum absolute atomic E-state index is 0.0426. The summed E-state index contributed by atoms with van der Waals surface area (Å²) >= 11 is 6.06. The van der Waals surface area contributed by atoms with E-state index in [2.05, 4.69) is 9.97 Å². The van der Waals surface area contributed by atoms with Crippen molar-refractivity contribution >= 4 is 45.1 Å². The molecule has 6 heteroatoms. The quantitative estimate of drug-likeness (QED) is 0.380. The number of carbonyl (C=O) groups excluding carboxylic acids is 2. The number of H-pyrrole nitrogens is 1. The number of Topliss-reactive ketones (excluding diaryl/α,β-unsaturated/α-hetero) is 2. The second-order valence-corrected chi connectivity index (χ2v) is 7.68. The Labute approximate surface area is 179 Å². The second kappa shape index (κ2) is 8.67. The Hall–Kier alpha value is -3.18. The standard InChI is InChI=1S/C24H21ClN2O3/c1-30-19-8-3-15(4-9-19)2-6-18(28)7-11-23(29)16-5-10-22-20(12-16)21-13-17(25)14-26-24(21)27-22/h3-5,8-10,12-14H,2,6-7,11H2,1H3,(H,26,27). The molecule has 4 aromatic rings. The van der Waals surface area contributed by atoms with Crippen LogP contribution in [0.3, 0.4) is 0 Å². The first-order valence-electron chi connectivity index (χ1n) is 9.78. The van der Waals surface area contributed by atoms with Gasteiger partial charge in [0, 0.05) is 47.3 Å². The van der Waals surface area contributed by atoms with Crippen LogP contribution in [0.4, 0.5) is 0 Å². The molecule has 4 rings (SSSR count). The van der Waals surface area contributed by atoms with Crippen LogP contribution in [0.5, 0.6) is 5.75 Å². The van der Waals surface area contributed by atoms with Crippen molar-refractivity contribution in [2.45, 2.75) is 25.7 Å². The van der Waals surface area contributed by atoms with Crippen molar-refractivity contribution in [2.24, 2.45) is 0 Å². The third kappa shape index (κ3) is 4.36. The first-order chi connectivity index (χ1) is 14.5. The van der Waals surface area contributed by atoms with Gasteiger partial charge in [0.2, 0.25) is 0 Å². The summed E-state index contributed by atoms with van der Waals surface area (Å²) in [5, 5.41) is 2.32. The summed E-state index contributed by atoms with van der Waals surface area (Å²) in [6.45, 7) is 0. The summed E-state index contributed by atoms with van der Waals surface area (Å²) in [5.41, 5.74) is 3.29. The number of rotatable bonds is 8. The van der Waals surface area contributed by atoms with E-state index in [-0.39, 0.29) is 24.4 Å². The number of carbonyl (C=O) groups is 2. The van der Waals surface area contributed by atoms with E-state index in [1.165, 1.54) is 0 Å². The molecule has 0 aliphatic carbocycles. The summed E-state index contributed by atoms with van der Waals surface area (Å²) in [6.07, 6.45) is 3.11. The smallest absolute Gasteiger partial charge is 0.163 e. The van der Waals surface area contributed by atoms with Gasteiger partial charge in [-0.05, 0) is 48.4 Å². The van der Waals surface area contributed by atoms with Crippen molar-refractivity contribution in [1.82, 2.24) is 9.97 Å². The highest BCUT2D eigenvalue weighted by atomic mass is 35.5. The number of benzene rings is 2. The Bertz CT molecular complexity index is 1230. The number of fused-ring (bicyclic) bond motifs is 3. The van der Waals surface area contributed by atoms with Gasteiger partial charge in [0.1, 0.15) is 17.2 Å². The van der Waals surface area contributed by atoms with Gasteiger partial charge in [0.05, 0.1) is 12.1 Å². The van der Waals surface area contributed by atoms with Gasteiger partial charge < -0.3 is 9.72 Å². The van der Waals surface area contributed by atoms with Crippen molar-refractivity contribution in [3.8, 4) is 5.75 Å². The Kier molecular flexibility index (Phi) is 5.81. The van der Waals surface area contributed by atoms with Crippen molar-refractivity contribution < 1.29 is 14.3 Å². The van der Waals surface area contributed by atoms with Gasteiger partial charge in [-0.15, -0.1) is 0 Å². The number of ether oxygens (including phenoxy) is 1. The Morgan fingerprint density at radius 2 is 1.80 bits per heavy atom. The predicted molar refractivity (Wildman–Crippen MR) is 118 cm³/mol. The number of nitrogens with zero attached hydrogens (tertiary/aromatic N) is 1. The summed E-state index contributed by atoms with van der Waals surface area (Å²) in [7, 11) is 1.62. The summed E-state index contributed by atoms with van der Waals surface area (Å²) in [4.78, 5) is 32.4. The molecule has 0 saturated heterocycles. The lowest BCUT2D eigenvalue weighted by molar-refractivity contribution is -0.119. The lowest BCUT2D eigenvalue weighted by atomic mass is 10.0. The molecule has 0 fully saturated rings. The van der Waals surface area contributed by atoms with Gasteiger partial charge in [-0.3, -0.25) is 9.59 Å². The number of pyridine rings is 1. The molecule has 30 heavy (non-hydrogen) atoms. The van der Waals surface area contributed by atoms with E-state index in [1.54, 1.807) is 19.4 Å². The molecule has 152 valence electrons. The molecule has 2 aromatic heterocycles. The van der Waals surface area contributed by atoms with Gasteiger partial charge >= 0.3 is 0 Å². The van der Waals surface area contributed by atoms with Crippen molar-refractivity contribution in [3.05, 3.63) is 70.9 Å². The Morgan fingerprint density at radius 1 is 1.00 bits per heavy atom. The van der Waals surface area contributed by atoms with E-state index in [1.807, 2.05) is 42.5 Å². The highest BCUT2D eigenvalue weighted by Gasteiger charge is 2.13. The van der Waals surface area contributed by atoms with E-state index < -0.39 is 0 Å². The molecule has 0 amide bonds. The normalized spacial score (nSPS) is 11.1. The molecule has 0 aliphatic heterocycles. The molecule has 0 spiro atoms. The first-order valence-corrected chi connectivity index (χ1v) is 10.2. The fraction of sp³-hybridized carbons (Fsp3) is 0.208. The molecule has 0 bridgehead atoms. The van der Waals surface area contributed by atoms with E-state index in [9.17, 15) is 9.59 Å². The second-order valence-electron chi connectivity index (χ2n) is 7.24. The molecule has 2 aromatic carbocycles. The number of hydrogen-bond donors (Lipinski definition) is 1. The fourth-order valence-corrected chi connectivity index (χ4v) is 3.68. The number of aryl methyl sites for hydroxylation is 1. The molecule has 0 unspecified atom stereocenters. The Balaban J connectivity index is 1.38. The molecule has 0 atom stereocenters. The van der Waals surface area contributed by atoms with E-state index in [0.717, 1.165) is 33.2 Å². The van der Waals surface area contributed by atoms with Crippen LogP contribution < -0.4 is 4.74 Å². The minimum atomic E-state index is -0.0426. The number of methoxy groups -OCH3 is 1. The number of aromatic amines is 1. The van der Waals surface area contributed by atoms with Crippen LogP contribution >= 0.6 is 11.6 Å². The van der Waals surface area contributed by atoms with Gasteiger partial charge in [-0.1, -0.05) is 23.7 Å². The third-order valence-corrected chi connectivity index (χ3v) is 5.43. The van der Waals surface area contributed by atoms with E-state index in [4.69, 9.17) is 16.3 Å². The molecular weight excluding hydrogens is 400 g/mol. The van der Waals surface area contributed by atoms with Crippen LogP contribution in [0.1, 0.15) is 35.2 Å². The lowest BCUT2D eigenvalue weighted by Gasteiger charge is -2.04. The van der Waals surface area contributed by atoms with Crippen molar-refractivity contribution in [3.63, 3.8) is 0 Å². The zero-order valence-corrected chi connectivity index (χ0v) is 17.3. The minimum Gasteiger partial charge on any atom is -0.497 e. The molecule has 2 heterocycles. The lowest BCUT2D eigenvalue weighted by Crippen LogP contribution is -2.06. The van der Waals surface area contributed by atoms with Gasteiger partial charge in [0.25, 0.3) is 0 Å². The maximum Gasteiger partial charge on any atom is 0.163 e. The number of hydrogen-bond acceptors (Lipinski definition) is 4. The zero-order valence-electron chi connectivity index (χ0n) is 16.6. The van der Waals surface area contributed by atoms with Gasteiger partial charge in [-0.2, -0.15) is 0 Å².